The zero-order valence-electron chi connectivity index (χ0n) is 11.6. The van der Waals surface area contributed by atoms with Crippen LogP contribution in [0.3, 0.4) is 0 Å². The summed E-state index contributed by atoms with van der Waals surface area (Å²) >= 11 is 0. The molecule has 4 nitrogen and oxygen atoms in total. The number of carbonyl (C=O) groups is 1. The monoisotopic (exact) mass is 262 g/mol. The molecule has 0 aromatic heterocycles. The third-order valence-electron chi connectivity index (χ3n) is 3.47. The van der Waals surface area contributed by atoms with Gasteiger partial charge in [0.15, 0.2) is 0 Å². The first kappa shape index (κ1) is 14.0. The van der Waals surface area contributed by atoms with Crippen molar-refractivity contribution in [2.24, 2.45) is 0 Å². The number of nitrogens with one attached hydrogen (secondary N) is 1. The lowest BCUT2D eigenvalue weighted by Gasteiger charge is -2.23. The summed E-state index contributed by atoms with van der Waals surface area (Å²) in [5, 5.41) is 3.28. The molecular formula is C15H22N2O2. The SMILES string of the molecule is CCOCC(C)N1CNC(Cc2ccccc2)C1=O. The minimum Gasteiger partial charge on any atom is -0.380 e. The Hall–Kier alpha value is -1.39. The minimum atomic E-state index is -0.105. The van der Waals surface area contributed by atoms with Gasteiger partial charge in [0.25, 0.3) is 0 Å². The van der Waals surface area contributed by atoms with E-state index in [-0.39, 0.29) is 18.0 Å². The van der Waals surface area contributed by atoms with Gasteiger partial charge in [-0.25, -0.2) is 0 Å². The third-order valence-corrected chi connectivity index (χ3v) is 3.47. The Balaban J connectivity index is 1.90. The van der Waals surface area contributed by atoms with E-state index in [0.29, 0.717) is 19.9 Å². The van der Waals surface area contributed by atoms with Gasteiger partial charge in [-0.3, -0.25) is 10.1 Å². The van der Waals surface area contributed by atoms with E-state index in [1.54, 1.807) is 0 Å². The normalized spacial score (nSPS) is 20.8. The molecule has 0 saturated carbocycles. The van der Waals surface area contributed by atoms with E-state index in [4.69, 9.17) is 4.74 Å². The van der Waals surface area contributed by atoms with Crippen LogP contribution in [0.25, 0.3) is 0 Å². The summed E-state index contributed by atoms with van der Waals surface area (Å²) in [5.74, 6) is 0.177. The Bertz CT molecular complexity index is 408. The van der Waals surface area contributed by atoms with E-state index >= 15 is 0 Å². The standard InChI is InChI=1S/C15H22N2O2/c1-3-19-10-12(2)17-11-16-14(15(17)18)9-13-7-5-4-6-8-13/h4-8,12,14,16H,3,9-11H2,1-2H3. The minimum absolute atomic E-state index is 0.105. The lowest BCUT2D eigenvalue weighted by Crippen LogP contribution is -2.40. The zero-order valence-corrected chi connectivity index (χ0v) is 11.6. The van der Waals surface area contributed by atoms with Gasteiger partial charge in [0.2, 0.25) is 5.91 Å². The zero-order chi connectivity index (χ0) is 13.7. The molecule has 1 aliphatic heterocycles. The molecule has 1 aromatic rings. The first-order valence-electron chi connectivity index (χ1n) is 6.88. The molecule has 2 atom stereocenters. The van der Waals surface area contributed by atoms with Crippen LogP contribution in [-0.4, -0.2) is 42.8 Å². The Morgan fingerprint density at radius 2 is 2.16 bits per heavy atom. The van der Waals surface area contributed by atoms with Crippen molar-refractivity contribution < 1.29 is 9.53 Å². The number of benzene rings is 1. The van der Waals surface area contributed by atoms with Gasteiger partial charge < -0.3 is 9.64 Å². The number of nitrogens with zero attached hydrogens (tertiary/aromatic N) is 1. The third kappa shape index (κ3) is 3.55. The van der Waals surface area contributed by atoms with E-state index < -0.39 is 0 Å². The van der Waals surface area contributed by atoms with Crippen LogP contribution >= 0.6 is 0 Å². The second-order valence-electron chi connectivity index (χ2n) is 4.92. The highest BCUT2D eigenvalue weighted by Gasteiger charge is 2.33. The van der Waals surface area contributed by atoms with Gasteiger partial charge >= 0.3 is 0 Å². The fourth-order valence-electron chi connectivity index (χ4n) is 2.33. The van der Waals surface area contributed by atoms with Gasteiger partial charge in [-0.05, 0) is 25.8 Å². The van der Waals surface area contributed by atoms with Gasteiger partial charge in [-0.2, -0.15) is 0 Å². The first-order chi connectivity index (χ1) is 9.22. The maximum atomic E-state index is 12.3. The van der Waals surface area contributed by atoms with Crippen molar-refractivity contribution in [3.63, 3.8) is 0 Å². The van der Waals surface area contributed by atoms with Gasteiger partial charge in [-0.1, -0.05) is 30.3 Å². The van der Waals surface area contributed by atoms with E-state index in [2.05, 4.69) is 17.4 Å². The van der Waals surface area contributed by atoms with Gasteiger partial charge in [0, 0.05) is 6.61 Å². The lowest BCUT2D eigenvalue weighted by molar-refractivity contribution is -0.131. The van der Waals surface area contributed by atoms with Crippen molar-refractivity contribution >= 4 is 5.91 Å². The number of carbonyl (C=O) groups excluding carboxylic acids is 1. The molecule has 19 heavy (non-hydrogen) atoms. The van der Waals surface area contributed by atoms with E-state index in [1.165, 1.54) is 5.56 Å². The molecule has 1 heterocycles. The molecule has 1 fully saturated rings. The molecule has 1 saturated heterocycles. The maximum absolute atomic E-state index is 12.3. The van der Waals surface area contributed by atoms with Gasteiger partial charge in [0.05, 0.1) is 25.4 Å². The van der Waals surface area contributed by atoms with Crippen molar-refractivity contribution in [3.05, 3.63) is 35.9 Å². The van der Waals surface area contributed by atoms with Crippen molar-refractivity contribution in [3.8, 4) is 0 Å². The number of hydrogen-bond acceptors (Lipinski definition) is 3. The van der Waals surface area contributed by atoms with Gasteiger partial charge in [-0.15, -0.1) is 0 Å². The van der Waals surface area contributed by atoms with E-state index in [9.17, 15) is 4.79 Å². The van der Waals surface area contributed by atoms with E-state index in [1.807, 2.05) is 36.9 Å². The summed E-state index contributed by atoms with van der Waals surface area (Å²) in [6, 6.07) is 10.1. The summed E-state index contributed by atoms with van der Waals surface area (Å²) in [7, 11) is 0. The van der Waals surface area contributed by atoms with Crippen molar-refractivity contribution in [1.29, 1.82) is 0 Å². The fraction of sp³-hybridized carbons (Fsp3) is 0.533. The summed E-state index contributed by atoms with van der Waals surface area (Å²) in [4.78, 5) is 14.2. The summed E-state index contributed by atoms with van der Waals surface area (Å²) < 4.78 is 5.39. The molecule has 4 heteroatoms. The van der Waals surface area contributed by atoms with E-state index in [0.717, 1.165) is 6.42 Å². The molecule has 2 rings (SSSR count). The number of hydrogen-bond donors (Lipinski definition) is 1. The Morgan fingerprint density at radius 1 is 1.42 bits per heavy atom. The average Bonchev–Trinajstić information content (AvgIpc) is 2.79. The highest BCUT2D eigenvalue weighted by atomic mass is 16.5. The van der Waals surface area contributed by atoms with Crippen LogP contribution in [0.4, 0.5) is 0 Å². The van der Waals surface area contributed by atoms with Crippen LogP contribution in [0, 0.1) is 0 Å². The maximum Gasteiger partial charge on any atom is 0.241 e. The Labute approximate surface area is 114 Å². The topological polar surface area (TPSA) is 41.6 Å². The highest BCUT2D eigenvalue weighted by Crippen LogP contribution is 2.13. The predicted octanol–water partition coefficient (Wildman–Crippen LogP) is 1.41. The summed E-state index contributed by atoms with van der Waals surface area (Å²) in [6.45, 7) is 5.90. The Kier molecular flexibility index (Phi) is 4.93. The lowest BCUT2D eigenvalue weighted by atomic mass is 10.1. The Morgan fingerprint density at radius 3 is 2.84 bits per heavy atom. The van der Waals surface area contributed by atoms with Crippen LogP contribution in [0.5, 0.6) is 0 Å². The molecule has 0 bridgehead atoms. The van der Waals surface area contributed by atoms with Crippen LogP contribution in [0.15, 0.2) is 30.3 Å². The molecular weight excluding hydrogens is 240 g/mol. The molecule has 1 amide bonds. The quantitative estimate of drug-likeness (QED) is 0.843. The number of amides is 1. The molecule has 1 aliphatic rings. The largest absolute Gasteiger partial charge is 0.380 e. The number of ether oxygens (including phenoxy) is 1. The second-order valence-corrected chi connectivity index (χ2v) is 4.92. The fourth-order valence-corrected chi connectivity index (χ4v) is 2.33. The number of rotatable bonds is 6. The molecule has 2 unspecified atom stereocenters. The van der Waals surface area contributed by atoms with Crippen molar-refractivity contribution in [1.82, 2.24) is 10.2 Å². The first-order valence-corrected chi connectivity index (χ1v) is 6.88. The molecule has 0 spiro atoms. The van der Waals surface area contributed by atoms with Crippen LogP contribution in [-0.2, 0) is 16.0 Å². The average molecular weight is 262 g/mol. The van der Waals surface area contributed by atoms with Crippen LogP contribution < -0.4 is 5.32 Å². The molecule has 0 aliphatic carbocycles. The molecule has 1 aromatic carbocycles. The molecule has 104 valence electrons. The van der Waals surface area contributed by atoms with Crippen molar-refractivity contribution in [2.45, 2.75) is 32.4 Å². The smallest absolute Gasteiger partial charge is 0.241 e. The predicted molar refractivity (Wildman–Crippen MR) is 74.7 cm³/mol. The highest BCUT2D eigenvalue weighted by molar-refractivity contribution is 5.84. The van der Waals surface area contributed by atoms with Gasteiger partial charge in [0.1, 0.15) is 0 Å². The second kappa shape index (κ2) is 6.68. The molecule has 0 radical (unpaired) electrons. The summed E-state index contributed by atoms with van der Waals surface area (Å²) in [6.07, 6.45) is 0.748. The molecule has 1 N–H and O–H groups in total. The van der Waals surface area contributed by atoms with Crippen molar-refractivity contribution in [2.75, 3.05) is 19.9 Å². The van der Waals surface area contributed by atoms with Crippen LogP contribution in [0.2, 0.25) is 0 Å². The summed E-state index contributed by atoms with van der Waals surface area (Å²) in [5.41, 5.74) is 1.19. The van der Waals surface area contributed by atoms with Crippen LogP contribution in [0.1, 0.15) is 19.4 Å².